The highest BCUT2D eigenvalue weighted by molar-refractivity contribution is 5.90. The summed E-state index contributed by atoms with van der Waals surface area (Å²) < 4.78 is 19.4. The van der Waals surface area contributed by atoms with Gasteiger partial charge in [0.25, 0.3) is 5.56 Å². The first-order valence-corrected chi connectivity index (χ1v) is 13.8. The lowest BCUT2D eigenvalue weighted by atomic mass is 10.1. The van der Waals surface area contributed by atoms with Crippen LogP contribution in [-0.4, -0.2) is 10.5 Å². The fraction of sp³-hybridized carbons (Fsp3) is 0.333. The zero-order valence-corrected chi connectivity index (χ0v) is 22.9. The topological polar surface area (TPSA) is 66.8 Å². The van der Waals surface area contributed by atoms with Gasteiger partial charge < -0.3 is 18.8 Å². The van der Waals surface area contributed by atoms with E-state index < -0.39 is 5.97 Å². The Bertz CT molecular complexity index is 1410. The number of carbonyl (C=O) groups excluding carboxylic acids is 1. The van der Waals surface area contributed by atoms with E-state index >= 15 is 0 Å². The van der Waals surface area contributed by atoms with E-state index in [9.17, 15) is 9.59 Å². The van der Waals surface area contributed by atoms with Gasteiger partial charge in [-0.1, -0.05) is 99.7 Å². The fourth-order valence-electron chi connectivity index (χ4n) is 4.59. The molecule has 0 amide bonds. The molecule has 6 heteroatoms. The highest BCUT2D eigenvalue weighted by Crippen LogP contribution is 2.36. The van der Waals surface area contributed by atoms with Gasteiger partial charge in [-0.3, -0.25) is 9.59 Å². The van der Waals surface area contributed by atoms with Gasteiger partial charge in [0.1, 0.15) is 19.0 Å². The van der Waals surface area contributed by atoms with Gasteiger partial charge in [0.15, 0.2) is 5.75 Å². The molecule has 0 radical (unpaired) electrons. The Balaban J connectivity index is 1.71. The van der Waals surface area contributed by atoms with Crippen LogP contribution in [0.4, 0.5) is 0 Å². The summed E-state index contributed by atoms with van der Waals surface area (Å²) in [5.41, 5.74) is 2.31. The molecule has 0 aliphatic heterocycles. The Hall–Kier alpha value is -4.06. The number of fused-ring (bicyclic) bond motifs is 1. The van der Waals surface area contributed by atoms with Crippen molar-refractivity contribution in [2.24, 2.45) is 0 Å². The van der Waals surface area contributed by atoms with Gasteiger partial charge in [-0.2, -0.15) is 0 Å². The third kappa shape index (κ3) is 7.73. The van der Waals surface area contributed by atoms with Gasteiger partial charge >= 0.3 is 5.97 Å². The van der Waals surface area contributed by atoms with Crippen LogP contribution in [-0.2, 0) is 24.6 Å². The number of ether oxygens (including phenoxy) is 3. The van der Waals surface area contributed by atoms with Crippen molar-refractivity contribution in [2.75, 3.05) is 0 Å². The molecule has 0 saturated carbocycles. The van der Waals surface area contributed by atoms with E-state index in [4.69, 9.17) is 14.2 Å². The van der Waals surface area contributed by atoms with Crippen molar-refractivity contribution in [1.82, 2.24) is 4.57 Å². The van der Waals surface area contributed by atoms with Crippen LogP contribution in [0, 0.1) is 0 Å². The molecular formula is C33H37NO5. The zero-order chi connectivity index (χ0) is 27.5. The number of carbonyl (C=O) groups is 1. The molecule has 0 aliphatic rings. The third-order valence-corrected chi connectivity index (χ3v) is 6.61. The molecule has 6 nitrogen and oxygen atoms in total. The van der Waals surface area contributed by atoms with Crippen LogP contribution in [0.3, 0.4) is 0 Å². The van der Waals surface area contributed by atoms with Crippen LogP contribution in [0.1, 0.15) is 63.5 Å². The second kappa shape index (κ2) is 14.2. The summed E-state index contributed by atoms with van der Waals surface area (Å²) in [5.74, 6) is 0.277. The smallest absolute Gasteiger partial charge is 0.308 e. The van der Waals surface area contributed by atoms with Crippen LogP contribution < -0.4 is 19.8 Å². The molecule has 0 saturated heterocycles. The number of nitrogens with zero attached hydrogens (tertiary/aromatic N) is 1. The van der Waals surface area contributed by atoms with Gasteiger partial charge in [-0.05, 0) is 29.7 Å². The van der Waals surface area contributed by atoms with Gasteiger partial charge in [-0.15, -0.1) is 0 Å². The van der Waals surface area contributed by atoms with Crippen molar-refractivity contribution in [3.05, 3.63) is 100 Å². The maximum atomic E-state index is 13.8. The molecule has 0 N–H and O–H groups in total. The molecular weight excluding hydrogens is 490 g/mol. The maximum Gasteiger partial charge on any atom is 0.308 e. The molecule has 1 heterocycles. The molecule has 0 bridgehead atoms. The monoisotopic (exact) mass is 527 g/mol. The number of aryl methyl sites for hydroxylation is 1. The Morgan fingerprint density at radius 3 is 2.00 bits per heavy atom. The second-order valence-corrected chi connectivity index (χ2v) is 9.70. The minimum absolute atomic E-state index is 0.0742. The first-order valence-electron chi connectivity index (χ1n) is 13.8. The molecule has 0 fully saturated rings. The molecule has 0 aliphatic carbocycles. The lowest BCUT2D eigenvalue weighted by Crippen LogP contribution is -2.25. The Labute approximate surface area is 230 Å². The predicted octanol–water partition coefficient (Wildman–Crippen LogP) is 7.45. The maximum absolute atomic E-state index is 13.8. The normalized spacial score (nSPS) is 10.9. The summed E-state index contributed by atoms with van der Waals surface area (Å²) in [6.07, 6.45) is 6.58. The lowest BCUT2D eigenvalue weighted by molar-refractivity contribution is -0.132. The number of unbranched alkanes of at least 4 members (excludes halogenated alkanes) is 5. The minimum atomic E-state index is -0.565. The van der Waals surface area contributed by atoms with Crippen LogP contribution in [0.2, 0.25) is 0 Å². The molecule has 3 aromatic carbocycles. The molecule has 39 heavy (non-hydrogen) atoms. The first-order chi connectivity index (χ1) is 19.1. The number of rotatable bonds is 14. The SMILES string of the molecule is CCCCCCCCn1c(=O)c(OC(C)=O)c(OCc2ccccc2)c2ccc(OCc3ccccc3)cc21. The first kappa shape index (κ1) is 28.0. The highest BCUT2D eigenvalue weighted by Gasteiger charge is 2.22. The van der Waals surface area contributed by atoms with Crippen molar-refractivity contribution < 1.29 is 19.0 Å². The lowest BCUT2D eigenvalue weighted by Gasteiger charge is -2.19. The Morgan fingerprint density at radius 1 is 0.744 bits per heavy atom. The van der Waals surface area contributed by atoms with Crippen molar-refractivity contribution in [3.63, 3.8) is 0 Å². The molecule has 1 aromatic heterocycles. The van der Waals surface area contributed by atoms with Crippen LogP contribution in [0.5, 0.6) is 17.2 Å². The molecule has 0 spiro atoms. The van der Waals surface area contributed by atoms with Gasteiger partial charge in [0, 0.05) is 24.9 Å². The quantitative estimate of drug-likeness (QED) is 0.126. The van der Waals surface area contributed by atoms with Crippen LogP contribution in [0.15, 0.2) is 83.7 Å². The van der Waals surface area contributed by atoms with Crippen molar-refractivity contribution in [1.29, 1.82) is 0 Å². The van der Waals surface area contributed by atoms with E-state index in [0.29, 0.717) is 29.8 Å². The number of esters is 1. The highest BCUT2D eigenvalue weighted by atomic mass is 16.6. The van der Waals surface area contributed by atoms with E-state index in [0.717, 1.165) is 30.4 Å². The van der Waals surface area contributed by atoms with Gasteiger partial charge in [-0.25, -0.2) is 0 Å². The summed E-state index contributed by atoms with van der Waals surface area (Å²) in [4.78, 5) is 25.8. The van der Waals surface area contributed by atoms with Crippen LogP contribution >= 0.6 is 0 Å². The average Bonchev–Trinajstić information content (AvgIpc) is 2.96. The average molecular weight is 528 g/mol. The summed E-state index contributed by atoms with van der Waals surface area (Å²) in [5, 5.41) is 0.694. The third-order valence-electron chi connectivity index (χ3n) is 6.61. The van der Waals surface area contributed by atoms with E-state index in [1.54, 1.807) is 4.57 Å². The van der Waals surface area contributed by atoms with Crippen molar-refractivity contribution in [3.8, 4) is 17.2 Å². The van der Waals surface area contributed by atoms with E-state index in [1.807, 2.05) is 78.9 Å². The largest absolute Gasteiger partial charge is 0.489 e. The predicted molar refractivity (Wildman–Crippen MR) is 154 cm³/mol. The van der Waals surface area contributed by atoms with Gasteiger partial charge in [0.05, 0.1) is 5.52 Å². The second-order valence-electron chi connectivity index (χ2n) is 9.70. The van der Waals surface area contributed by atoms with Gasteiger partial charge in [0.2, 0.25) is 5.75 Å². The number of hydrogen-bond acceptors (Lipinski definition) is 5. The summed E-state index contributed by atoms with van der Waals surface area (Å²) in [7, 11) is 0. The molecule has 4 aromatic rings. The van der Waals surface area contributed by atoms with E-state index in [1.165, 1.54) is 26.2 Å². The van der Waals surface area contributed by atoms with Crippen molar-refractivity contribution >= 4 is 16.9 Å². The molecule has 4 rings (SSSR count). The summed E-state index contributed by atoms with van der Waals surface area (Å²) in [6.45, 7) is 4.65. The van der Waals surface area contributed by atoms with E-state index in [2.05, 4.69) is 6.92 Å². The fourth-order valence-corrected chi connectivity index (χ4v) is 4.59. The summed E-state index contributed by atoms with van der Waals surface area (Å²) >= 11 is 0. The van der Waals surface area contributed by atoms with Crippen molar-refractivity contribution in [2.45, 2.75) is 72.1 Å². The Morgan fingerprint density at radius 2 is 1.36 bits per heavy atom. The molecule has 0 unspecified atom stereocenters. The summed E-state index contributed by atoms with van der Waals surface area (Å²) in [6, 6.07) is 25.2. The number of benzene rings is 3. The minimum Gasteiger partial charge on any atom is -0.489 e. The zero-order valence-electron chi connectivity index (χ0n) is 22.9. The number of hydrogen-bond donors (Lipinski definition) is 0. The molecule has 204 valence electrons. The number of pyridine rings is 1. The van der Waals surface area contributed by atoms with Crippen LogP contribution in [0.25, 0.3) is 10.9 Å². The molecule has 0 atom stereocenters. The van der Waals surface area contributed by atoms with E-state index in [-0.39, 0.29) is 23.7 Å². The standard InChI is InChI=1S/C33H37NO5/c1-3-4-5-6-7-14-21-34-30-22-28(37-23-26-15-10-8-11-16-26)19-20-29(30)31(32(33(34)36)39-25(2)35)38-24-27-17-12-9-13-18-27/h8-13,15-20,22H,3-7,14,21,23-24H2,1-2H3. The Kier molecular flexibility index (Phi) is 10.2. The number of aromatic nitrogens is 1.